The summed E-state index contributed by atoms with van der Waals surface area (Å²) in [6.45, 7) is 1.00. The number of nitrogens with zero attached hydrogens (tertiary/aromatic N) is 3. The fourth-order valence-electron chi connectivity index (χ4n) is 2.02. The third kappa shape index (κ3) is 3.50. The van der Waals surface area contributed by atoms with Crippen molar-refractivity contribution in [3.63, 3.8) is 0 Å². The smallest absolute Gasteiger partial charge is 0.347 e. The van der Waals surface area contributed by atoms with Gasteiger partial charge in [-0.1, -0.05) is 19.1 Å². The van der Waals surface area contributed by atoms with Gasteiger partial charge in [0.25, 0.3) is 0 Å². The molecular formula is C13H13ClF3N3. The zero-order chi connectivity index (χ0) is 14.8. The molecule has 0 aliphatic rings. The van der Waals surface area contributed by atoms with Crippen molar-refractivity contribution in [3.05, 3.63) is 29.5 Å². The summed E-state index contributed by atoms with van der Waals surface area (Å²) in [6, 6.07) is 6.88. The van der Waals surface area contributed by atoms with Crippen molar-refractivity contribution in [1.29, 1.82) is 0 Å². The van der Waals surface area contributed by atoms with Crippen molar-refractivity contribution in [2.45, 2.75) is 19.5 Å². The van der Waals surface area contributed by atoms with Gasteiger partial charge < -0.3 is 4.90 Å². The normalized spacial score (nSPS) is 11.8. The minimum atomic E-state index is -4.30. The number of anilines is 1. The number of benzene rings is 1. The molecule has 20 heavy (non-hydrogen) atoms. The maximum absolute atomic E-state index is 12.7. The largest absolute Gasteiger partial charge is 0.405 e. The number of para-hydroxylation sites is 1. The Labute approximate surface area is 119 Å². The molecule has 2 aromatic rings. The van der Waals surface area contributed by atoms with Crippen LogP contribution in [0.25, 0.3) is 10.9 Å². The van der Waals surface area contributed by atoms with E-state index in [4.69, 9.17) is 11.6 Å². The highest BCUT2D eigenvalue weighted by Gasteiger charge is 2.31. The Morgan fingerprint density at radius 1 is 1.20 bits per heavy atom. The lowest BCUT2D eigenvalue weighted by Crippen LogP contribution is -2.35. The second kappa shape index (κ2) is 5.83. The molecule has 0 saturated carbocycles. The van der Waals surface area contributed by atoms with Crippen molar-refractivity contribution in [1.82, 2.24) is 9.97 Å². The van der Waals surface area contributed by atoms with E-state index in [0.717, 1.165) is 0 Å². The van der Waals surface area contributed by atoms with Gasteiger partial charge in [-0.25, -0.2) is 4.98 Å². The quantitative estimate of drug-likeness (QED) is 0.798. The molecule has 0 radical (unpaired) electrons. The van der Waals surface area contributed by atoms with E-state index >= 15 is 0 Å². The maximum atomic E-state index is 12.7. The molecule has 0 saturated heterocycles. The van der Waals surface area contributed by atoms with Gasteiger partial charge in [-0.15, -0.1) is 0 Å². The Balaban J connectivity index is 2.52. The average molecular weight is 304 g/mol. The van der Waals surface area contributed by atoms with Crippen molar-refractivity contribution in [2.75, 3.05) is 18.0 Å². The zero-order valence-electron chi connectivity index (χ0n) is 10.8. The minimum Gasteiger partial charge on any atom is -0.347 e. The number of rotatable bonds is 4. The Morgan fingerprint density at radius 3 is 2.55 bits per heavy atom. The van der Waals surface area contributed by atoms with Crippen LogP contribution in [0.5, 0.6) is 0 Å². The molecule has 0 aliphatic heterocycles. The summed E-state index contributed by atoms with van der Waals surface area (Å²) in [5, 5.41) is 0.511. The number of hydrogen-bond acceptors (Lipinski definition) is 3. The molecule has 0 atom stereocenters. The molecular weight excluding hydrogens is 291 g/mol. The fraction of sp³-hybridized carbons (Fsp3) is 0.385. The average Bonchev–Trinajstić information content (AvgIpc) is 2.35. The molecule has 0 bridgehead atoms. The monoisotopic (exact) mass is 303 g/mol. The zero-order valence-corrected chi connectivity index (χ0v) is 11.5. The first kappa shape index (κ1) is 14.8. The highest BCUT2D eigenvalue weighted by Crippen LogP contribution is 2.28. The number of hydrogen-bond donors (Lipinski definition) is 0. The predicted octanol–water partition coefficient (Wildman–Crippen LogP) is 4.06. The number of aromatic nitrogens is 2. The molecule has 7 heteroatoms. The van der Waals surface area contributed by atoms with Crippen LogP contribution in [0.15, 0.2) is 24.3 Å². The van der Waals surface area contributed by atoms with Gasteiger partial charge in [0.2, 0.25) is 5.28 Å². The van der Waals surface area contributed by atoms with Crippen LogP contribution in [0.1, 0.15) is 13.3 Å². The van der Waals surface area contributed by atoms with Crippen molar-refractivity contribution in [2.24, 2.45) is 0 Å². The van der Waals surface area contributed by atoms with Gasteiger partial charge in [0.15, 0.2) is 0 Å². The van der Waals surface area contributed by atoms with Crippen molar-refractivity contribution >= 4 is 28.3 Å². The van der Waals surface area contributed by atoms with Gasteiger partial charge in [-0.05, 0) is 30.2 Å². The minimum absolute atomic E-state index is 0.0537. The second-order valence-electron chi connectivity index (χ2n) is 4.37. The lowest BCUT2D eigenvalue weighted by atomic mass is 10.2. The van der Waals surface area contributed by atoms with E-state index in [1.165, 1.54) is 4.90 Å². The van der Waals surface area contributed by atoms with E-state index in [2.05, 4.69) is 9.97 Å². The van der Waals surface area contributed by atoms with E-state index < -0.39 is 12.7 Å². The third-order valence-corrected chi connectivity index (χ3v) is 2.89. The van der Waals surface area contributed by atoms with Gasteiger partial charge in [0.05, 0.1) is 5.52 Å². The first-order chi connectivity index (χ1) is 9.40. The molecule has 0 spiro atoms. The third-order valence-electron chi connectivity index (χ3n) is 2.72. The van der Waals surface area contributed by atoms with Crippen LogP contribution in [0.3, 0.4) is 0 Å². The highest BCUT2D eigenvalue weighted by molar-refractivity contribution is 6.28. The van der Waals surface area contributed by atoms with Crippen molar-refractivity contribution in [3.8, 4) is 0 Å². The van der Waals surface area contributed by atoms with E-state index in [1.54, 1.807) is 24.3 Å². The van der Waals surface area contributed by atoms with Crippen LogP contribution in [-0.2, 0) is 0 Å². The Morgan fingerprint density at radius 2 is 1.90 bits per heavy atom. The molecule has 0 amide bonds. The van der Waals surface area contributed by atoms with Gasteiger partial charge in [-0.3, -0.25) is 0 Å². The Hall–Kier alpha value is -1.56. The van der Waals surface area contributed by atoms with Crippen LogP contribution in [-0.4, -0.2) is 29.2 Å². The number of halogens is 4. The summed E-state index contributed by atoms with van der Waals surface area (Å²) in [7, 11) is 0. The Bertz CT molecular complexity index is 601. The maximum Gasteiger partial charge on any atom is 0.405 e. The summed E-state index contributed by atoms with van der Waals surface area (Å²) in [5.41, 5.74) is 0.533. The predicted molar refractivity (Wildman–Crippen MR) is 73.1 cm³/mol. The summed E-state index contributed by atoms with van der Waals surface area (Å²) < 4.78 is 38.1. The summed E-state index contributed by atoms with van der Waals surface area (Å²) in [5.74, 6) is 0.222. The van der Waals surface area contributed by atoms with Crippen LogP contribution >= 0.6 is 11.6 Å². The summed E-state index contributed by atoms with van der Waals surface area (Å²) in [6.07, 6.45) is -3.72. The lowest BCUT2D eigenvalue weighted by molar-refractivity contribution is -0.119. The van der Waals surface area contributed by atoms with Crippen LogP contribution < -0.4 is 4.90 Å². The first-order valence-electron chi connectivity index (χ1n) is 6.14. The second-order valence-corrected chi connectivity index (χ2v) is 4.71. The van der Waals surface area contributed by atoms with Gasteiger partial charge in [0.1, 0.15) is 12.4 Å². The van der Waals surface area contributed by atoms with E-state index in [1.807, 2.05) is 6.92 Å². The Kier molecular flexibility index (Phi) is 4.32. The molecule has 1 aromatic carbocycles. The molecule has 1 heterocycles. The molecule has 0 unspecified atom stereocenters. The standard InChI is InChI=1S/C13H13ClF3N3/c1-2-7-20(8-13(15,16)17)11-9-5-3-4-6-10(9)18-12(14)19-11/h3-6H,2,7-8H2,1H3. The molecule has 1 aromatic heterocycles. The summed E-state index contributed by atoms with van der Waals surface area (Å²) >= 11 is 5.81. The molecule has 2 rings (SSSR count). The van der Waals surface area contributed by atoms with Crippen molar-refractivity contribution < 1.29 is 13.2 Å². The molecule has 108 valence electrons. The molecule has 0 N–H and O–H groups in total. The highest BCUT2D eigenvalue weighted by atomic mass is 35.5. The van der Waals surface area contributed by atoms with Gasteiger partial charge in [0, 0.05) is 11.9 Å². The van der Waals surface area contributed by atoms with Gasteiger partial charge in [-0.2, -0.15) is 18.2 Å². The van der Waals surface area contributed by atoms with Crippen LogP contribution in [0.4, 0.5) is 19.0 Å². The summed E-state index contributed by atoms with van der Waals surface area (Å²) in [4.78, 5) is 9.20. The van der Waals surface area contributed by atoms with E-state index in [-0.39, 0.29) is 17.6 Å². The number of fused-ring (bicyclic) bond motifs is 1. The van der Waals surface area contributed by atoms with Crippen LogP contribution in [0, 0.1) is 0 Å². The SMILES string of the molecule is CCCN(CC(F)(F)F)c1nc(Cl)nc2ccccc12. The molecule has 3 nitrogen and oxygen atoms in total. The van der Waals surface area contributed by atoms with Crippen LogP contribution in [0.2, 0.25) is 5.28 Å². The van der Waals surface area contributed by atoms with E-state index in [9.17, 15) is 13.2 Å². The topological polar surface area (TPSA) is 29.0 Å². The molecule has 0 aliphatic carbocycles. The molecule has 0 fully saturated rings. The van der Waals surface area contributed by atoms with Gasteiger partial charge >= 0.3 is 6.18 Å². The fourth-order valence-corrected chi connectivity index (χ4v) is 2.19. The van der Waals surface area contributed by atoms with E-state index in [0.29, 0.717) is 17.3 Å². The first-order valence-corrected chi connectivity index (χ1v) is 6.52. The lowest BCUT2D eigenvalue weighted by Gasteiger charge is -2.25. The number of alkyl halides is 3.